The molecule has 1 aliphatic heterocycles. The van der Waals surface area contributed by atoms with Gasteiger partial charge >= 0.3 is 0 Å². The zero-order valence-corrected chi connectivity index (χ0v) is 16.7. The van der Waals surface area contributed by atoms with Crippen LogP contribution in [0.4, 0.5) is 0 Å². The number of pyridine rings is 1. The molecule has 0 aliphatic carbocycles. The lowest BCUT2D eigenvalue weighted by atomic mass is 9.99. The summed E-state index contributed by atoms with van der Waals surface area (Å²) < 4.78 is 1.83. The molecule has 0 bridgehead atoms. The van der Waals surface area contributed by atoms with Gasteiger partial charge in [0.2, 0.25) is 0 Å². The Bertz CT molecular complexity index is 1480. The van der Waals surface area contributed by atoms with Crippen LogP contribution in [0.15, 0.2) is 72.9 Å². The third kappa shape index (κ3) is 2.87. The third-order valence-electron chi connectivity index (χ3n) is 5.89. The lowest BCUT2D eigenvalue weighted by molar-refractivity contribution is 0.432. The Morgan fingerprint density at radius 3 is 2.58 bits per heavy atom. The van der Waals surface area contributed by atoms with Crippen molar-refractivity contribution in [3.8, 4) is 28.6 Å². The smallest absolute Gasteiger partial charge is 0.173 e. The number of fused-ring (bicyclic) bond motifs is 2. The van der Waals surface area contributed by atoms with Gasteiger partial charge < -0.3 is 5.32 Å². The van der Waals surface area contributed by atoms with Crippen LogP contribution in [0.2, 0.25) is 0 Å². The molecule has 5 aromatic rings. The van der Waals surface area contributed by atoms with Gasteiger partial charge in [-0.25, -0.2) is 14.5 Å². The summed E-state index contributed by atoms with van der Waals surface area (Å²) in [6.45, 7) is 1.83. The fourth-order valence-corrected chi connectivity index (χ4v) is 4.11. The van der Waals surface area contributed by atoms with Crippen LogP contribution in [-0.2, 0) is 0 Å². The summed E-state index contributed by atoms with van der Waals surface area (Å²) in [5, 5.41) is 19.1. The number of nitrogens with one attached hydrogen (secondary N) is 1. The molecule has 1 saturated heterocycles. The molecule has 0 radical (unpaired) electrons. The van der Waals surface area contributed by atoms with Gasteiger partial charge in [-0.2, -0.15) is 10.4 Å². The molecule has 0 unspecified atom stereocenters. The normalized spacial score (nSPS) is 13.9. The molecule has 0 spiro atoms. The van der Waals surface area contributed by atoms with E-state index in [0.717, 1.165) is 46.5 Å². The van der Waals surface area contributed by atoms with Crippen molar-refractivity contribution in [2.75, 3.05) is 13.1 Å². The predicted octanol–water partition coefficient (Wildman–Crippen LogP) is 4.17. The predicted molar refractivity (Wildman–Crippen MR) is 119 cm³/mol. The van der Waals surface area contributed by atoms with Crippen molar-refractivity contribution in [3.63, 3.8) is 0 Å². The lowest BCUT2D eigenvalue weighted by Gasteiger charge is -2.27. The number of nitriles is 1. The molecule has 6 nitrogen and oxygen atoms in total. The molecule has 1 aliphatic rings. The van der Waals surface area contributed by atoms with Gasteiger partial charge in [-0.3, -0.25) is 0 Å². The molecule has 3 aromatic heterocycles. The Morgan fingerprint density at radius 2 is 1.81 bits per heavy atom. The van der Waals surface area contributed by atoms with Crippen LogP contribution in [0.5, 0.6) is 0 Å². The summed E-state index contributed by atoms with van der Waals surface area (Å²) in [4.78, 5) is 9.33. The van der Waals surface area contributed by atoms with E-state index in [2.05, 4.69) is 34.6 Å². The number of hydrogen-bond acceptors (Lipinski definition) is 5. The van der Waals surface area contributed by atoms with Gasteiger partial charge in [0.05, 0.1) is 16.9 Å². The van der Waals surface area contributed by atoms with E-state index in [9.17, 15) is 5.26 Å². The number of aromatic nitrogens is 4. The Hall–Kier alpha value is -4.08. The molecule has 1 fully saturated rings. The quantitative estimate of drug-likeness (QED) is 0.490. The average molecular weight is 402 g/mol. The summed E-state index contributed by atoms with van der Waals surface area (Å²) in [6, 6.07) is 24.6. The molecule has 0 atom stereocenters. The molecule has 2 aromatic carbocycles. The maximum atomic E-state index is 9.90. The second-order valence-corrected chi connectivity index (χ2v) is 7.77. The molecular weight excluding hydrogens is 384 g/mol. The van der Waals surface area contributed by atoms with Crippen LogP contribution in [0.25, 0.3) is 39.1 Å². The lowest BCUT2D eigenvalue weighted by Crippen LogP contribution is -2.40. The van der Waals surface area contributed by atoms with Crippen LogP contribution >= 0.6 is 0 Å². The fourth-order valence-electron chi connectivity index (χ4n) is 4.11. The standard InChI is InChI=1S/C25H18N6/c26-13-20-24(30-31-23(19-14-27-15-19)10-11-28-25(20)31)18-7-6-17-8-9-21(29-22(17)12-18)16-4-2-1-3-5-16/h1-12,19,27H,14-15H2. The number of nitrogens with zero attached hydrogens (tertiary/aromatic N) is 5. The van der Waals surface area contributed by atoms with E-state index in [-0.39, 0.29) is 0 Å². The number of benzene rings is 2. The van der Waals surface area contributed by atoms with Gasteiger partial charge in [0.15, 0.2) is 5.65 Å². The second-order valence-electron chi connectivity index (χ2n) is 7.77. The minimum absolute atomic E-state index is 0.386. The Kier molecular flexibility index (Phi) is 4.01. The van der Waals surface area contributed by atoms with E-state index >= 15 is 0 Å². The topological polar surface area (TPSA) is 78.9 Å². The Labute approximate surface area is 178 Å². The summed E-state index contributed by atoms with van der Waals surface area (Å²) >= 11 is 0. The zero-order valence-electron chi connectivity index (χ0n) is 16.7. The molecule has 148 valence electrons. The number of hydrogen-bond donors (Lipinski definition) is 1. The summed E-state index contributed by atoms with van der Waals surface area (Å²) in [5.41, 5.74) is 6.55. The second kappa shape index (κ2) is 7.01. The molecule has 6 heteroatoms. The first-order chi connectivity index (χ1) is 15.3. The summed E-state index contributed by atoms with van der Waals surface area (Å²) in [5.74, 6) is 0.386. The van der Waals surface area contributed by atoms with Crippen molar-refractivity contribution in [2.24, 2.45) is 0 Å². The van der Waals surface area contributed by atoms with Gasteiger partial charge in [-0.05, 0) is 18.2 Å². The largest absolute Gasteiger partial charge is 0.315 e. The van der Waals surface area contributed by atoms with Crippen LogP contribution in [0.1, 0.15) is 17.2 Å². The van der Waals surface area contributed by atoms with E-state index in [1.165, 1.54) is 0 Å². The number of rotatable bonds is 3. The summed E-state index contributed by atoms with van der Waals surface area (Å²) in [7, 11) is 0. The van der Waals surface area contributed by atoms with E-state index < -0.39 is 0 Å². The van der Waals surface area contributed by atoms with E-state index in [1.807, 2.05) is 53.0 Å². The van der Waals surface area contributed by atoms with Crippen molar-refractivity contribution in [1.82, 2.24) is 24.9 Å². The van der Waals surface area contributed by atoms with E-state index in [0.29, 0.717) is 22.8 Å². The van der Waals surface area contributed by atoms with E-state index in [1.54, 1.807) is 6.20 Å². The minimum atomic E-state index is 0.386. The van der Waals surface area contributed by atoms with Crippen molar-refractivity contribution >= 4 is 16.6 Å². The van der Waals surface area contributed by atoms with Crippen molar-refractivity contribution < 1.29 is 0 Å². The fraction of sp³-hybridized carbons (Fsp3) is 0.120. The molecule has 31 heavy (non-hydrogen) atoms. The van der Waals surface area contributed by atoms with Gasteiger partial charge in [0.1, 0.15) is 17.3 Å². The van der Waals surface area contributed by atoms with Crippen molar-refractivity contribution in [2.45, 2.75) is 5.92 Å². The first-order valence-electron chi connectivity index (χ1n) is 10.3. The van der Waals surface area contributed by atoms with Crippen LogP contribution < -0.4 is 5.32 Å². The Balaban J connectivity index is 1.52. The highest BCUT2D eigenvalue weighted by Gasteiger charge is 2.25. The third-order valence-corrected chi connectivity index (χ3v) is 5.89. The molecule has 0 saturated carbocycles. The first kappa shape index (κ1) is 17.8. The molecule has 4 heterocycles. The highest BCUT2D eigenvalue weighted by atomic mass is 15.3. The van der Waals surface area contributed by atoms with Gasteiger partial charge in [0, 0.05) is 41.7 Å². The van der Waals surface area contributed by atoms with Crippen LogP contribution in [0.3, 0.4) is 0 Å². The maximum absolute atomic E-state index is 9.90. The van der Waals surface area contributed by atoms with Gasteiger partial charge in [0.25, 0.3) is 0 Å². The molecule has 1 N–H and O–H groups in total. The van der Waals surface area contributed by atoms with E-state index in [4.69, 9.17) is 10.1 Å². The first-order valence-corrected chi connectivity index (χ1v) is 10.3. The summed E-state index contributed by atoms with van der Waals surface area (Å²) in [6.07, 6.45) is 1.77. The molecular formula is C25H18N6. The maximum Gasteiger partial charge on any atom is 0.173 e. The SMILES string of the molecule is N#Cc1c(-c2ccc3ccc(-c4ccccc4)nc3c2)nn2c(C3CNC3)ccnc12. The molecule has 6 rings (SSSR count). The van der Waals surface area contributed by atoms with Gasteiger partial charge in [-0.1, -0.05) is 48.5 Å². The highest BCUT2D eigenvalue weighted by molar-refractivity contribution is 5.87. The minimum Gasteiger partial charge on any atom is -0.315 e. The van der Waals surface area contributed by atoms with Gasteiger partial charge in [-0.15, -0.1) is 0 Å². The van der Waals surface area contributed by atoms with Crippen LogP contribution in [0, 0.1) is 11.3 Å². The average Bonchev–Trinajstić information content (AvgIpc) is 3.17. The highest BCUT2D eigenvalue weighted by Crippen LogP contribution is 2.30. The zero-order chi connectivity index (χ0) is 20.8. The van der Waals surface area contributed by atoms with Crippen molar-refractivity contribution in [1.29, 1.82) is 5.26 Å². The van der Waals surface area contributed by atoms with Crippen LogP contribution in [-0.4, -0.2) is 32.7 Å². The monoisotopic (exact) mass is 402 g/mol. The Morgan fingerprint density at radius 1 is 0.968 bits per heavy atom. The molecule has 0 amide bonds. The van der Waals surface area contributed by atoms with Crippen molar-refractivity contribution in [3.05, 3.63) is 84.2 Å².